The van der Waals surface area contributed by atoms with E-state index in [1.807, 2.05) is 6.34 Å². The molecule has 1 aliphatic carbocycles. The molecule has 1 fully saturated rings. The Labute approximate surface area is 80.0 Å². The van der Waals surface area contributed by atoms with Crippen LogP contribution < -0.4 is 10.6 Å². The Morgan fingerprint density at radius 3 is 3.00 bits per heavy atom. The lowest BCUT2D eigenvalue weighted by molar-refractivity contribution is 0.300. The van der Waals surface area contributed by atoms with Gasteiger partial charge in [-0.05, 0) is 38.3 Å². The van der Waals surface area contributed by atoms with Crippen molar-refractivity contribution in [2.24, 2.45) is 10.9 Å². The zero-order valence-electron chi connectivity index (χ0n) is 8.13. The van der Waals surface area contributed by atoms with Crippen molar-refractivity contribution in [3.05, 3.63) is 0 Å². The van der Waals surface area contributed by atoms with Gasteiger partial charge in [0, 0.05) is 6.04 Å². The van der Waals surface area contributed by atoms with E-state index >= 15 is 0 Å². The van der Waals surface area contributed by atoms with Crippen molar-refractivity contribution in [1.82, 2.24) is 10.6 Å². The highest BCUT2D eigenvalue weighted by molar-refractivity contribution is 5.57. The van der Waals surface area contributed by atoms with Gasteiger partial charge in [-0.15, -0.1) is 0 Å². The van der Waals surface area contributed by atoms with Crippen LogP contribution in [-0.2, 0) is 0 Å². The Morgan fingerprint density at radius 2 is 2.38 bits per heavy atom. The van der Waals surface area contributed by atoms with Crippen LogP contribution in [0.5, 0.6) is 0 Å². The first kappa shape index (κ1) is 9.00. The molecule has 0 radical (unpaired) electrons. The van der Waals surface area contributed by atoms with Gasteiger partial charge in [0.05, 0.1) is 12.9 Å². The molecule has 0 spiro atoms. The highest BCUT2D eigenvalue weighted by Gasteiger charge is 2.16. The van der Waals surface area contributed by atoms with Gasteiger partial charge < -0.3 is 10.6 Å². The van der Waals surface area contributed by atoms with Gasteiger partial charge in [0.2, 0.25) is 0 Å². The molecule has 1 saturated carbocycles. The fraction of sp³-hybridized carbons (Fsp3) is 0.900. The molecule has 1 aliphatic heterocycles. The van der Waals surface area contributed by atoms with Crippen LogP contribution >= 0.6 is 0 Å². The van der Waals surface area contributed by atoms with Crippen molar-refractivity contribution in [2.45, 2.75) is 31.7 Å². The van der Waals surface area contributed by atoms with Gasteiger partial charge in [-0.2, -0.15) is 0 Å². The van der Waals surface area contributed by atoms with E-state index in [1.54, 1.807) is 0 Å². The summed E-state index contributed by atoms with van der Waals surface area (Å²) in [5.74, 6) is 0.979. The lowest BCUT2D eigenvalue weighted by Gasteiger charge is -2.25. The van der Waals surface area contributed by atoms with E-state index in [9.17, 15) is 0 Å². The van der Waals surface area contributed by atoms with Crippen molar-refractivity contribution in [3.8, 4) is 0 Å². The number of hydrogen-bond acceptors (Lipinski definition) is 3. The summed E-state index contributed by atoms with van der Waals surface area (Å²) in [6.45, 7) is 3.33. The van der Waals surface area contributed by atoms with Crippen LogP contribution in [0.1, 0.15) is 25.7 Å². The minimum Gasteiger partial charge on any atom is -0.372 e. The average molecular weight is 181 g/mol. The fourth-order valence-corrected chi connectivity index (χ4v) is 1.84. The standard InChI is InChI=1S/C10H19N3/c1-2-9(3-1)6-11-5-4-10-7-12-8-13-10/h8-11H,1-7H2,(H,12,13). The van der Waals surface area contributed by atoms with Crippen LogP contribution in [0, 0.1) is 5.92 Å². The average Bonchev–Trinajstić information content (AvgIpc) is 2.53. The summed E-state index contributed by atoms with van der Waals surface area (Å²) in [5, 5.41) is 6.76. The first-order valence-electron chi connectivity index (χ1n) is 5.40. The van der Waals surface area contributed by atoms with E-state index < -0.39 is 0 Å². The third-order valence-corrected chi connectivity index (χ3v) is 3.05. The normalized spacial score (nSPS) is 27.2. The fourth-order valence-electron chi connectivity index (χ4n) is 1.84. The second-order valence-corrected chi connectivity index (χ2v) is 4.15. The quantitative estimate of drug-likeness (QED) is 0.615. The third-order valence-electron chi connectivity index (χ3n) is 3.05. The number of rotatable bonds is 5. The molecule has 2 N–H and O–H groups in total. The van der Waals surface area contributed by atoms with Gasteiger partial charge in [0.1, 0.15) is 0 Å². The SMILES string of the molecule is C1=NCC(CCNCC2CCC2)N1. The number of hydrogen-bond donors (Lipinski definition) is 2. The summed E-state index contributed by atoms with van der Waals surface area (Å²) in [4.78, 5) is 4.14. The van der Waals surface area contributed by atoms with Crippen molar-refractivity contribution < 1.29 is 0 Å². The molecule has 0 aromatic rings. The monoisotopic (exact) mass is 181 g/mol. The maximum absolute atomic E-state index is 4.14. The van der Waals surface area contributed by atoms with E-state index in [0.29, 0.717) is 6.04 Å². The van der Waals surface area contributed by atoms with Crippen LogP contribution in [0.3, 0.4) is 0 Å². The molecule has 2 rings (SSSR count). The minimum absolute atomic E-state index is 0.592. The number of nitrogens with zero attached hydrogens (tertiary/aromatic N) is 1. The smallest absolute Gasteiger partial charge is 0.0827 e. The van der Waals surface area contributed by atoms with E-state index in [2.05, 4.69) is 15.6 Å². The van der Waals surface area contributed by atoms with Crippen molar-refractivity contribution in [1.29, 1.82) is 0 Å². The highest BCUT2D eigenvalue weighted by Crippen LogP contribution is 2.24. The second kappa shape index (κ2) is 4.61. The van der Waals surface area contributed by atoms with Crippen LogP contribution in [-0.4, -0.2) is 32.0 Å². The zero-order chi connectivity index (χ0) is 8.93. The molecule has 1 atom stereocenters. The second-order valence-electron chi connectivity index (χ2n) is 4.15. The Morgan fingerprint density at radius 1 is 1.46 bits per heavy atom. The maximum atomic E-state index is 4.14. The summed E-state index contributed by atoms with van der Waals surface area (Å²) in [7, 11) is 0. The minimum atomic E-state index is 0.592. The Balaban J connectivity index is 1.44. The van der Waals surface area contributed by atoms with Crippen LogP contribution in [0.15, 0.2) is 4.99 Å². The molecular formula is C10H19N3. The predicted octanol–water partition coefficient (Wildman–Crippen LogP) is 0.766. The Hall–Kier alpha value is -0.570. The maximum Gasteiger partial charge on any atom is 0.0827 e. The van der Waals surface area contributed by atoms with E-state index in [1.165, 1.54) is 32.2 Å². The molecule has 3 nitrogen and oxygen atoms in total. The molecule has 13 heavy (non-hydrogen) atoms. The Kier molecular flexibility index (Phi) is 3.19. The Bertz CT molecular complexity index is 167. The van der Waals surface area contributed by atoms with E-state index in [-0.39, 0.29) is 0 Å². The van der Waals surface area contributed by atoms with Gasteiger partial charge in [-0.25, -0.2) is 0 Å². The molecule has 3 heteroatoms. The summed E-state index contributed by atoms with van der Waals surface area (Å²) >= 11 is 0. The first-order chi connectivity index (χ1) is 6.45. The van der Waals surface area contributed by atoms with Gasteiger partial charge >= 0.3 is 0 Å². The molecule has 0 saturated heterocycles. The largest absolute Gasteiger partial charge is 0.372 e. The molecule has 0 amide bonds. The van der Waals surface area contributed by atoms with E-state index in [4.69, 9.17) is 0 Å². The van der Waals surface area contributed by atoms with Gasteiger partial charge in [0.15, 0.2) is 0 Å². The topological polar surface area (TPSA) is 36.4 Å². The van der Waals surface area contributed by atoms with Gasteiger partial charge in [0.25, 0.3) is 0 Å². The number of aliphatic imine (C=N–C) groups is 1. The molecular weight excluding hydrogens is 162 g/mol. The molecule has 1 heterocycles. The lowest BCUT2D eigenvalue weighted by Crippen LogP contribution is -2.33. The molecule has 0 aromatic heterocycles. The molecule has 0 aromatic carbocycles. The third kappa shape index (κ3) is 2.69. The zero-order valence-corrected chi connectivity index (χ0v) is 8.13. The van der Waals surface area contributed by atoms with Crippen LogP contribution in [0.2, 0.25) is 0 Å². The summed E-state index contributed by atoms with van der Waals surface area (Å²) in [5.41, 5.74) is 0. The summed E-state index contributed by atoms with van der Waals surface area (Å²) in [6, 6.07) is 0.592. The van der Waals surface area contributed by atoms with Crippen LogP contribution in [0.25, 0.3) is 0 Å². The summed E-state index contributed by atoms with van der Waals surface area (Å²) < 4.78 is 0. The predicted molar refractivity (Wildman–Crippen MR) is 55.1 cm³/mol. The van der Waals surface area contributed by atoms with Gasteiger partial charge in [-0.3, -0.25) is 4.99 Å². The van der Waals surface area contributed by atoms with Crippen molar-refractivity contribution in [2.75, 3.05) is 19.6 Å². The van der Waals surface area contributed by atoms with Crippen LogP contribution in [0.4, 0.5) is 0 Å². The van der Waals surface area contributed by atoms with Crippen molar-refractivity contribution >= 4 is 6.34 Å². The van der Waals surface area contributed by atoms with Crippen molar-refractivity contribution in [3.63, 3.8) is 0 Å². The van der Waals surface area contributed by atoms with Gasteiger partial charge in [-0.1, -0.05) is 6.42 Å². The van der Waals surface area contributed by atoms with E-state index in [0.717, 1.165) is 19.0 Å². The first-order valence-corrected chi connectivity index (χ1v) is 5.40. The molecule has 0 bridgehead atoms. The summed E-state index contributed by atoms with van der Waals surface area (Å²) in [6.07, 6.45) is 7.36. The molecule has 2 aliphatic rings. The highest BCUT2D eigenvalue weighted by atomic mass is 15.1. The number of nitrogens with one attached hydrogen (secondary N) is 2. The molecule has 74 valence electrons. The molecule has 1 unspecified atom stereocenters. The lowest BCUT2D eigenvalue weighted by atomic mass is 9.85.